The third kappa shape index (κ3) is 3.22. The number of hydrogen-bond acceptors (Lipinski definition) is 2. The largest absolute Gasteiger partial charge is 0.272 e. The van der Waals surface area contributed by atoms with E-state index >= 15 is 0 Å². The van der Waals surface area contributed by atoms with Gasteiger partial charge in [-0.2, -0.15) is 0 Å². The first-order valence-electron chi connectivity index (χ1n) is 6.11. The van der Waals surface area contributed by atoms with Crippen molar-refractivity contribution in [2.75, 3.05) is 0 Å². The minimum absolute atomic E-state index is 0.0889. The van der Waals surface area contributed by atoms with E-state index in [0.29, 0.717) is 12.0 Å². The molecule has 0 radical (unpaired) electrons. The molecule has 20 heavy (non-hydrogen) atoms. The van der Waals surface area contributed by atoms with E-state index in [2.05, 4.69) is 15.9 Å². The molecular weight excluding hydrogens is 325 g/mol. The van der Waals surface area contributed by atoms with Gasteiger partial charge in [-0.1, -0.05) is 40.2 Å². The Labute approximate surface area is 124 Å². The summed E-state index contributed by atoms with van der Waals surface area (Å²) < 4.78 is 13.3. The molecule has 2 aromatic rings. The fraction of sp³-hybridized carbons (Fsp3) is 0.200. The first-order valence-corrected chi connectivity index (χ1v) is 7.03. The van der Waals surface area contributed by atoms with E-state index in [9.17, 15) is 14.5 Å². The van der Waals surface area contributed by atoms with Gasteiger partial charge in [0.05, 0.1) is 4.92 Å². The van der Waals surface area contributed by atoms with Gasteiger partial charge in [-0.15, -0.1) is 0 Å². The maximum atomic E-state index is 13.3. The molecule has 2 rings (SSSR count). The molecule has 0 aliphatic rings. The molecule has 2 aromatic carbocycles. The first-order chi connectivity index (χ1) is 9.49. The lowest BCUT2D eigenvalue weighted by atomic mass is 9.99. The predicted octanol–water partition coefficient (Wildman–Crippen LogP) is 4.72. The van der Waals surface area contributed by atoms with Gasteiger partial charge in [0, 0.05) is 16.5 Å². The first kappa shape index (κ1) is 14.7. The average Bonchev–Trinajstić information content (AvgIpc) is 2.41. The lowest BCUT2D eigenvalue weighted by Crippen LogP contribution is -2.02. The van der Waals surface area contributed by atoms with E-state index in [-0.39, 0.29) is 16.3 Å². The maximum Gasteiger partial charge on any atom is 0.272 e. The smallest absolute Gasteiger partial charge is 0.258 e. The van der Waals surface area contributed by atoms with Crippen molar-refractivity contribution in [3.05, 3.63) is 75.1 Å². The van der Waals surface area contributed by atoms with Gasteiger partial charge < -0.3 is 0 Å². The van der Waals surface area contributed by atoms with E-state index < -0.39 is 4.92 Å². The molecule has 5 heteroatoms. The highest BCUT2D eigenvalue weighted by atomic mass is 79.9. The van der Waals surface area contributed by atoms with E-state index in [4.69, 9.17) is 0 Å². The van der Waals surface area contributed by atoms with E-state index in [0.717, 1.165) is 11.1 Å². The van der Waals surface area contributed by atoms with Crippen LogP contribution in [0.15, 0.2) is 42.5 Å². The van der Waals surface area contributed by atoms with Crippen LogP contribution in [0.1, 0.15) is 21.5 Å². The van der Waals surface area contributed by atoms with Gasteiger partial charge >= 0.3 is 0 Å². The van der Waals surface area contributed by atoms with Crippen molar-refractivity contribution in [2.45, 2.75) is 18.2 Å². The Morgan fingerprint density at radius 1 is 1.30 bits per heavy atom. The highest BCUT2D eigenvalue weighted by molar-refractivity contribution is 9.09. The summed E-state index contributed by atoms with van der Waals surface area (Å²) in [4.78, 5) is 10.4. The second-order valence-corrected chi connectivity index (χ2v) is 5.66. The van der Waals surface area contributed by atoms with Crippen LogP contribution in [0.3, 0.4) is 0 Å². The molecular formula is C15H13BrFNO2. The Balaban J connectivity index is 2.30. The van der Waals surface area contributed by atoms with Gasteiger partial charge in [-0.25, -0.2) is 4.39 Å². The van der Waals surface area contributed by atoms with Crippen LogP contribution in [-0.4, -0.2) is 4.92 Å². The summed E-state index contributed by atoms with van der Waals surface area (Å²) in [6.45, 7) is 1.89. The molecule has 3 nitrogen and oxygen atoms in total. The minimum Gasteiger partial charge on any atom is -0.258 e. The second kappa shape index (κ2) is 6.13. The molecule has 0 saturated carbocycles. The van der Waals surface area contributed by atoms with E-state index in [1.807, 2.05) is 6.92 Å². The maximum absolute atomic E-state index is 13.3. The summed E-state index contributed by atoms with van der Waals surface area (Å²) in [7, 11) is 0. The highest BCUT2D eigenvalue weighted by Crippen LogP contribution is 2.32. The van der Waals surface area contributed by atoms with Gasteiger partial charge in [-0.05, 0) is 36.6 Å². The molecule has 0 aromatic heterocycles. The zero-order chi connectivity index (χ0) is 14.7. The summed E-state index contributed by atoms with van der Waals surface area (Å²) >= 11 is 3.50. The topological polar surface area (TPSA) is 43.1 Å². The molecule has 0 aliphatic carbocycles. The minimum atomic E-state index is -0.395. The van der Waals surface area contributed by atoms with Gasteiger partial charge in [0.25, 0.3) is 5.69 Å². The van der Waals surface area contributed by atoms with Crippen molar-refractivity contribution in [2.24, 2.45) is 0 Å². The Hall–Kier alpha value is -1.75. The summed E-state index contributed by atoms with van der Waals surface area (Å²) in [5, 5.41) is 11.0. The molecule has 0 bridgehead atoms. The van der Waals surface area contributed by atoms with Crippen molar-refractivity contribution < 1.29 is 9.31 Å². The van der Waals surface area contributed by atoms with Crippen molar-refractivity contribution in [1.29, 1.82) is 0 Å². The van der Waals surface area contributed by atoms with Crippen molar-refractivity contribution in [1.82, 2.24) is 0 Å². The average molecular weight is 338 g/mol. The highest BCUT2D eigenvalue weighted by Gasteiger charge is 2.18. The quantitative estimate of drug-likeness (QED) is 0.460. The zero-order valence-electron chi connectivity index (χ0n) is 10.8. The standard InChI is InChI=1S/C15H13BrFNO2/c1-10-6-7-12(17)9-13(10)14(16)8-11-4-2-3-5-15(11)18(19)20/h2-7,9,14H,8H2,1H3. The van der Waals surface area contributed by atoms with Gasteiger partial charge in [0.1, 0.15) is 5.82 Å². The number of nitro benzene ring substituents is 1. The molecule has 1 atom stereocenters. The number of alkyl halides is 1. The third-order valence-electron chi connectivity index (χ3n) is 3.17. The molecule has 0 spiro atoms. The lowest BCUT2D eigenvalue weighted by molar-refractivity contribution is -0.385. The number of halogens is 2. The Morgan fingerprint density at radius 3 is 2.70 bits per heavy atom. The zero-order valence-corrected chi connectivity index (χ0v) is 12.4. The molecule has 0 amide bonds. The van der Waals surface area contributed by atoms with Crippen LogP contribution in [0.25, 0.3) is 0 Å². The number of rotatable bonds is 4. The fourth-order valence-corrected chi connectivity index (χ4v) is 2.96. The van der Waals surface area contributed by atoms with Crippen molar-refractivity contribution in [3.8, 4) is 0 Å². The number of aryl methyl sites for hydroxylation is 1. The van der Waals surface area contributed by atoms with E-state index in [1.165, 1.54) is 18.2 Å². The van der Waals surface area contributed by atoms with Gasteiger partial charge in [-0.3, -0.25) is 10.1 Å². The van der Waals surface area contributed by atoms with Gasteiger partial charge in [0.2, 0.25) is 0 Å². The van der Waals surface area contributed by atoms with Crippen LogP contribution in [0.4, 0.5) is 10.1 Å². The van der Waals surface area contributed by atoms with Crippen LogP contribution >= 0.6 is 15.9 Å². The Morgan fingerprint density at radius 2 is 2.00 bits per heavy atom. The number of nitrogens with zero attached hydrogens (tertiary/aromatic N) is 1. The lowest BCUT2D eigenvalue weighted by Gasteiger charge is -2.13. The molecule has 1 unspecified atom stereocenters. The van der Waals surface area contributed by atoms with Crippen LogP contribution in [0.2, 0.25) is 0 Å². The number of nitro groups is 1. The van der Waals surface area contributed by atoms with Crippen LogP contribution < -0.4 is 0 Å². The molecule has 0 saturated heterocycles. The van der Waals surface area contributed by atoms with Crippen molar-refractivity contribution >= 4 is 21.6 Å². The number of hydrogen-bond donors (Lipinski definition) is 0. The van der Waals surface area contributed by atoms with Crippen LogP contribution in [0.5, 0.6) is 0 Å². The van der Waals surface area contributed by atoms with Crippen LogP contribution in [0, 0.1) is 22.9 Å². The summed E-state index contributed by atoms with van der Waals surface area (Å²) in [6.07, 6.45) is 0.432. The number of benzene rings is 2. The monoisotopic (exact) mass is 337 g/mol. The summed E-state index contributed by atoms with van der Waals surface area (Å²) in [5.41, 5.74) is 2.48. The molecule has 0 N–H and O–H groups in total. The van der Waals surface area contributed by atoms with Gasteiger partial charge in [0.15, 0.2) is 0 Å². The molecule has 104 valence electrons. The number of para-hydroxylation sites is 1. The summed E-state index contributed by atoms with van der Waals surface area (Å²) in [6, 6.07) is 11.2. The Bertz CT molecular complexity index is 646. The molecule has 0 heterocycles. The predicted molar refractivity (Wildman–Crippen MR) is 79.6 cm³/mol. The fourth-order valence-electron chi connectivity index (χ4n) is 2.11. The normalized spacial score (nSPS) is 12.2. The molecule has 0 fully saturated rings. The summed E-state index contributed by atoms with van der Waals surface area (Å²) in [5.74, 6) is -0.308. The second-order valence-electron chi connectivity index (χ2n) is 4.56. The van der Waals surface area contributed by atoms with Crippen LogP contribution in [-0.2, 0) is 6.42 Å². The van der Waals surface area contributed by atoms with Crippen molar-refractivity contribution in [3.63, 3.8) is 0 Å². The van der Waals surface area contributed by atoms with E-state index in [1.54, 1.807) is 24.3 Å². The molecule has 0 aliphatic heterocycles. The Kier molecular flexibility index (Phi) is 4.49. The SMILES string of the molecule is Cc1ccc(F)cc1C(Br)Cc1ccccc1[N+](=O)[O-]. The third-order valence-corrected chi connectivity index (χ3v) is 3.98.